The second-order valence-electron chi connectivity index (χ2n) is 5.87. The van der Waals surface area contributed by atoms with Crippen LogP contribution in [0.3, 0.4) is 0 Å². The molecule has 1 aromatic rings. The quantitative estimate of drug-likeness (QED) is 0.913. The first kappa shape index (κ1) is 15.0. The molecule has 1 atom stereocenters. The monoisotopic (exact) mass is 325 g/mol. The van der Waals surface area contributed by atoms with Gasteiger partial charge in [-0.25, -0.2) is 0 Å². The van der Waals surface area contributed by atoms with Crippen molar-refractivity contribution in [2.75, 3.05) is 14.1 Å². The smallest absolute Gasteiger partial charge is 0.0764 e. The van der Waals surface area contributed by atoms with E-state index in [9.17, 15) is 5.11 Å². The average molecular weight is 326 g/mol. The summed E-state index contributed by atoms with van der Waals surface area (Å²) in [4.78, 5) is 2.24. The molecule has 0 aromatic heterocycles. The highest BCUT2D eigenvalue weighted by molar-refractivity contribution is 9.10. The van der Waals surface area contributed by atoms with Gasteiger partial charge < -0.3 is 10.0 Å². The Labute approximate surface area is 124 Å². The maximum Gasteiger partial charge on any atom is 0.0764 e. The van der Waals surface area contributed by atoms with Crippen LogP contribution in [-0.4, -0.2) is 35.7 Å². The van der Waals surface area contributed by atoms with Gasteiger partial charge in [-0.3, -0.25) is 0 Å². The topological polar surface area (TPSA) is 23.5 Å². The van der Waals surface area contributed by atoms with Crippen LogP contribution in [0.2, 0.25) is 0 Å². The number of rotatable bonds is 4. The molecule has 0 amide bonds. The van der Waals surface area contributed by atoms with Crippen molar-refractivity contribution in [2.24, 2.45) is 0 Å². The average Bonchev–Trinajstić information content (AvgIpc) is 2.42. The summed E-state index contributed by atoms with van der Waals surface area (Å²) in [7, 11) is 4.21. The summed E-state index contributed by atoms with van der Waals surface area (Å²) < 4.78 is 1.10. The summed E-state index contributed by atoms with van der Waals surface area (Å²) >= 11 is 3.58. The third-order valence-corrected chi connectivity index (χ3v) is 5.38. The summed E-state index contributed by atoms with van der Waals surface area (Å²) in [6.07, 6.45) is 6.38. The number of aliphatic hydroxyl groups is 1. The van der Waals surface area contributed by atoms with Gasteiger partial charge in [0.15, 0.2) is 0 Å². The second-order valence-corrected chi connectivity index (χ2v) is 6.72. The molecule has 0 saturated heterocycles. The lowest BCUT2D eigenvalue weighted by atomic mass is 9.75. The van der Waals surface area contributed by atoms with Crippen LogP contribution in [0.4, 0.5) is 0 Å². The minimum atomic E-state index is -0.304. The van der Waals surface area contributed by atoms with E-state index in [0.717, 1.165) is 23.7 Å². The maximum absolute atomic E-state index is 10.8. The Bertz CT molecular complexity index is 413. The number of nitrogens with zero attached hydrogens (tertiary/aromatic N) is 1. The molecule has 0 aliphatic heterocycles. The third-order valence-electron chi connectivity index (χ3n) is 4.60. The number of hydrogen-bond donors (Lipinski definition) is 1. The molecule has 1 N–H and O–H groups in total. The highest BCUT2D eigenvalue weighted by Gasteiger charge is 2.40. The van der Waals surface area contributed by atoms with Crippen LogP contribution in [0.25, 0.3) is 0 Å². The molecule has 0 radical (unpaired) electrons. The van der Waals surface area contributed by atoms with Crippen molar-refractivity contribution in [3.63, 3.8) is 0 Å². The maximum atomic E-state index is 10.8. The summed E-state index contributed by atoms with van der Waals surface area (Å²) in [5.41, 5.74) is 1.15. The molecule has 0 spiro atoms. The Morgan fingerprint density at radius 3 is 2.42 bits per heavy atom. The molecule has 1 fully saturated rings. The van der Waals surface area contributed by atoms with Crippen LogP contribution in [0.1, 0.15) is 37.7 Å². The van der Waals surface area contributed by atoms with Gasteiger partial charge in [-0.15, -0.1) is 0 Å². The molecule has 1 saturated carbocycles. The van der Waals surface area contributed by atoms with Crippen molar-refractivity contribution in [1.29, 1.82) is 0 Å². The van der Waals surface area contributed by atoms with E-state index in [0.29, 0.717) is 0 Å². The van der Waals surface area contributed by atoms with E-state index in [1.165, 1.54) is 24.8 Å². The molecule has 2 nitrogen and oxygen atoms in total. The summed E-state index contributed by atoms with van der Waals surface area (Å²) in [5.74, 6) is 0. The van der Waals surface area contributed by atoms with E-state index in [1.54, 1.807) is 0 Å². The Kier molecular flexibility index (Phi) is 5.04. The van der Waals surface area contributed by atoms with E-state index in [1.807, 2.05) is 18.2 Å². The summed E-state index contributed by atoms with van der Waals surface area (Å²) in [6.45, 7) is 0. The minimum absolute atomic E-state index is 0.0481. The Morgan fingerprint density at radius 2 is 1.84 bits per heavy atom. The van der Waals surface area contributed by atoms with Crippen molar-refractivity contribution >= 4 is 15.9 Å². The molecular formula is C16H24BrNO. The lowest BCUT2D eigenvalue weighted by Gasteiger charge is -2.46. The molecule has 1 aromatic carbocycles. The zero-order chi connectivity index (χ0) is 13.9. The summed E-state index contributed by atoms with van der Waals surface area (Å²) in [5, 5.41) is 10.8. The molecule has 3 heteroatoms. The summed E-state index contributed by atoms with van der Waals surface area (Å²) in [6, 6.07) is 8.20. The van der Waals surface area contributed by atoms with E-state index >= 15 is 0 Å². The normalized spacial score (nSPS) is 20.5. The van der Waals surface area contributed by atoms with Gasteiger partial charge in [0.1, 0.15) is 0 Å². The van der Waals surface area contributed by atoms with Crippen LogP contribution >= 0.6 is 15.9 Å². The van der Waals surface area contributed by atoms with Crippen molar-refractivity contribution in [2.45, 2.75) is 50.2 Å². The standard InChI is InChI=1S/C16H24BrNO/c1-18(2)16(10-6-3-7-11-16)15(19)12-13-8-4-5-9-14(13)17/h4-5,8-9,15,19H,3,6-7,10-12H2,1-2H3. The van der Waals surface area contributed by atoms with E-state index < -0.39 is 0 Å². The van der Waals surface area contributed by atoms with Gasteiger partial charge in [0.05, 0.1) is 6.10 Å². The Hall–Kier alpha value is -0.380. The van der Waals surface area contributed by atoms with Crippen molar-refractivity contribution < 1.29 is 5.11 Å². The van der Waals surface area contributed by atoms with E-state index in [2.05, 4.69) is 41.0 Å². The first-order valence-electron chi connectivity index (χ1n) is 7.15. The van der Waals surface area contributed by atoms with E-state index in [4.69, 9.17) is 0 Å². The lowest BCUT2D eigenvalue weighted by molar-refractivity contribution is -0.0311. The first-order valence-corrected chi connectivity index (χ1v) is 7.94. The zero-order valence-electron chi connectivity index (χ0n) is 11.9. The number of likely N-dealkylation sites (N-methyl/N-ethyl adjacent to an activating group) is 1. The molecule has 1 aliphatic carbocycles. The predicted molar refractivity (Wildman–Crippen MR) is 83.4 cm³/mol. The second kappa shape index (κ2) is 6.38. The lowest BCUT2D eigenvalue weighted by Crippen LogP contribution is -2.55. The fourth-order valence-electron chi connectivity index (χ4n) is 3.30. The van der Waals surface area contributed by atoms with Crippen LogP contribution < -0.4 is 0 Å². The predicted octanol–water partition coefficient (Wildman–Crippen LogP) is 3.62. The first-order chi connectivity index (χ1) is 9.06. The van der Waals surface area contributed by atoms with Crippen LogP contribution in [0.15, 0.2) is 28.7 Å². The fraction of sp³-hybridized carbons (Fsp3) is 0.625. The molecule has 19 heavy (non-hydrogen) atoms. The van der Waals surface area contributed by atoms with Gasteiger partial charge in [0.25, 0.3) is 0 Å². The molecule has 0 heterocycles. The van der Waals surface area contributed by atoms with Gasteiger partial charge in [-0.1, -0.05) is 53.4 Å². The minimum Gasteiger partial charge on any atom is -0.391 e. The Balaban J connectivity index is 2.16. The third kappa shape index (κ3) is 3.21. The molecule has 106 valence electrons. The zero-order valence-corrected chi connectivity index (χ0v) is 13.5. The molecular weight excluding hydrogens is 302 g/mol. The number of halogens is 1. The largest absolute Gasteiger partial charge is 0.391 e. The van der Waals surface area contributed by atoms with E-state index in [-0.39, 0.29) is 11.6 Å². The van der Waals surface area contributed by atoms with Gasteiger partial charge in [-0.2, -0.15) is 0 Å². The highest BCUT2D eigenvalue weighted by atomic mass is 79.9. The van der Waals surface area contributed by atoms with Crippen LogP contribution in [-0.2, 0) is 6.42 Å². The SMILES string of the molecule is CN(C)C1(C(O)Cc2ccccc2Br)CCCCC1. The molecule has 1 unspecified atom stereocenters. The number of aliphatic hydroxyl groups excluding tert-OH is 1. The number of benzene rings is 1. The van der Waals surface area contributed by atoms with Gasteiger partial charge in [0.2, 0.25) is 0 Å². The molecule has 2 rings (SSSR count). The highest BCUT2D eigenvalue weighted by Crippen LogP contribution is 2.36. The van der Waals surface area contributed by atoms with Crippen LogP contribution in [0.5, 0.6) is 0 Å². The van der Waals surface area contributed by atoms with Gasteiger partial charge in [-0.05, 0) is 38.6 Å². The molecule has 0 bridgehead atoms. The van der Waals surface area contributed by atoms with Crippen molar-refractivity contribution in [3.05, 3.63) is 34.3 Å². The van der Waals surface area contributed by atoms with Gasteiger partial charge >= 0.3 is 0 Å². The van der Waals surface area contributed by atoms with Crippen molar-refractivity contribution in [3.8, 4) is 0 Å². The fourth-order valence-corrected chi connectivity index (χ4v) is 3.75. The Morgan fingerprint density at radius 1 is 1.21 bits per heavy atom. The van der Waals surface area contributed by atoms with Crippen LogP contribution in [0, 0.1) is 0 Å². The molecule has 1 aliphatic rings. The number of hydrogen-bond acceptors (Lipinski definition) is 2. The van der Waals surface area contributed by atoms with Gasteiger partial charge in [0, 0.05) is 16.4 Å². The van der Waals surface area contributed by atoms with Crippen molar-refractivity contribution in [1.82, 2.24) is 4.90 Å².